The first-order valence-corrected chi connectivity index (χ1v) is 6.04. The zero-order chi connectivity index (χ0) is 11.4. The van der Waals surface area contributed by atoms with Crippen molar-refractivity contribution in [1.82, 2.24) is 5.32 Å². The Morgan fingerprint density at radius 1 is 1.38 bits per heavy atom. The number of benzene rings is 1. The molecular weight excluding hydrogens is 198 g/mol. The van der Waals surface area contributed by atoms with Crippen LogP contribution in [0.5, 0.6) is 0 Å². The molecule has 1 unspecified atom stereocenters. The lowest BCUT2D eigenvalue weighted by atomic mass is 9.84. The van der Waals surface area contributed by atoms with Crippen LogP contribution in [0, 0.1) is 11.8 Å². The largest absolute Gasteiger partial charge is 0.316 e. The topological polar surface area (TPSA) is 29.1 Å². The van der Waals surface area contributed by atoms with Crippen molar-refractivity contribution in [3.63, 3.8) is 0 Å². The number of aryl methyl sites for hydroxylation is 1. The lowest BCUT2D eigenvalue weighted by molar-refractivity contribution is -0.124. The summed E-state index contributed by atoms with van der Waals surface area (Å²) in [6, 6.07) is 10.2. The summed E-state index contributed by atoms with van der Waals surface area (Å²) in [5.41, 5.74) is 1.26. The molecule has 16 heavy (non-hydrogen) atoms. The van der Waals surface area contributed by atoms with E-state index in [1.54, 1.807) is 0 Å². The fourth-order valence-corrected chi connectivity index (χ4v) is 2.07. The molecule has 1 fully saturated rings. The van der Waals surface area contributed by atoms with Crippen molar-refractivity contribution in [2.24, 2.45) is 11.8 Å². The number of ketones is 1. The molecule has 0 aliphatic carbocycles. The van der Waals surface area contributed by atoms with E-state index < -0.39 is 0 Å². The molecule has 1 N–H and O–H groups in total. The van der Waals surface area contributed by atoms with Crippen LogP contribution in [-0.2, 0) is 11.2 Å². The molecule has 0 amide bonds. The first kappa shape index (κ1) is 11.3. The molecule has 1 aliphatic rings. The van der Waals surface area contributed by atoms with Gasteiger partial charge in [-0.1, -0.05) is 37.3 Å². The van der Waals surface area contributed by atoms with E-state index in [-0.39, 0.29) is 5.92 Å². The Kier molecular flexibility index (Phi) is 3.73. The number of carbonyl (C=O) groups is 1. The van der Waals surface area contributed by atoms with Gasteiger partial charge in [-0.25, -0.2) is 0 Å². The Bertz CT molecular complexity index is 343. The minimum Gasteiger partial charge on any atom is -0.316 e. The number of Topliss-reactive ketones (excluding diaryl/α,β-unsaturated/α-hetero) is 1. The number of rotatable bonds is 5. The van der Waals surface area contributed by atoms with Crippen LogP contribution in [0.25, 0.3) is 0 Å². The molecule has 0 spiro atoms. The molecule has 0 saturated carbocycles. The predicted octanol–water partition coefficient (Wildman–Crippen LogP) is 2.04. The normalized spacial score (nSPS) is 17.8. The minimum absolute atomic E-state index is 0.227. The van der Waals surface area contributed by atoms with Crippen molar-refractivity contribution < 1.29 is 4.79 Å². The van der Waals surface area contributed by atoms with Gasteiger partial charge in [-0.15, -0.1) is 0 Å². The van der Waals surface area contributed by atoms with Crippen LogP contribution in [-0.4, -0.2) is 18.9 Å². The molecule has 0 aromatic heterocycles. The van der Waals surface area contributed by atoms with Gasteiger partial charge in [0.15, 0.2) is 0 Å². The monoisotopic (exact) mass is 217 g/mol. The van der Waals surface area contributed by atoms with E-state index in [1.807, 2.05) is 18.2 Å². The minimum atomic E-state index is 0.227. The number of carbonyl (C=O) groups excluding carboxylic acids is 1. The SMILES string of the molecule is CC(C(=O)CCc1ccccc1)C1CNC1. The van der Waals surface area contributed by atoms with Gasteiger partial charge in [-0.2, -0.15) is 0 Å². The van der Waals surface area contributed by atoms with Crippen molar-refractivity contribution in [2.75, 3.05) is 13.1 Å². The van der Waals surface area contributed by atoms with Gasteiger partial charge in [0, 0.05) is 12.3 Å². The smallest absolute Gasteiger partial charge is 0.136 e. The average molecular weight is 217 g/mol. The summed E-state index contributed by atoms with van der Waals surface area (Å²) < 4.78 is 0. The second-order valence-corrected chi connectivity index (χ2v) is 4.66. The number of hydrogen-bond donors (Lipinski definition) is 1. The number of hydrogen-bond acceptors (Lipinski definition) is 2. The summed E-state index contributed by atoms with van der Waals surface area (Å²) in [4.78, 5) is 11.9. The maximum absolute atomic E-state index is 11.9. The van der Waals surface area contributed by atoms with Crippen LogP contribution >= 0.6 is 0 Å². The van der Waals surface area contributed by atoms with Crippen LogP contribution in [0.1, 0.15) is 18.9 Å². The molecule has 1 atom stereocenters. The Labute approximate surface area is 97.1 Å². The molecule has 0 radical (unpaired) electrons. The van der Waals surface area contributed by atoms with Crippen molar-refractivity contribution in [3.8, 4) is 0 Å². The molecule has 1 saturated heterocycles. The van der Waals surface area contributed by atoms with Crippen LogP contribution in [0.3, 0.4) is 0 Å². The zero-order valence-corrected chi connectivity index (χ0v) is 9.78. The molecule has 1 aromatic carbocycles. The van der Waals surface area contributed by atoms with E-state index in [0.29, 0.717) is 18.1 Å². The zero-order valence-electron chi connectivity index (χ0n) is 9.78. The van der Waals surface area contributed by atoms with Crippen molar-refractivity contribution in [1.29, 1.82) is 0 Å². The van der Waals surface area contributed by atoms with E-state index >= 15 is 0 Å². The predicted molar refractivity (Wildman–Crippen MR) is 65.3 cm³/mol. The quantitative estimate of drug-likeness (QED) is 0.817. The molecule has 0 bridgehead atoms. The van der Waals surface area contributed by atoms with Gasteiger partial charge in [0.25, 0.3) is 0 Å². The van der Waals surface area contributed by atoms with Gasteiger partial charge in [0.2, 0.25) is 0 Å². The molecule has 2 heteroatoms. The maximum atomic E-state index is 11.9. The fourth-order valence-electron chi connectivity index (χ4n) is 2.07. The van der Waals surface area contributed by atoms with Gasteiger partial charge >= 0.3 is 0 Å². The standard InChI is InChI=1S/C14H19NO/c1-11(13-9-15-10-13)14(16)8-7-12-5-3-2-4-6-12/h2-6,11,13,15H,7-10H2,1H3. The summed E-state index contributed by atoms with van der Waals surface area (Å²) >= 11 is 0. The molecule has 1 aliphatic heterocycles. The Morgan fingerprint density at radius 2 is 2.06 bits per heavy atom. The third-order valence-electron chi connectivity index (χ3n) is 3.53. The Hall–Kier alpha value is -1.15. The summed E-state index contributed by atoms with van der Waals surface area (Å²) in [6.07, 6.45) is 1.56. The highest BCUT2D eigenvalue weighted by Gasteiger charge is 2.27. The molecule has 2 rings (SSSR count). The highest BCUT2D eigenvalue weighted by atomic mass is 16.1. The highest BCUT2D eigenvalue weighted by molar-refractivity contribution is 5.81. The summed E-state index contributed by atoms with van der Waals surface area (Å²) in [6.45, 7) is 4.09. The molecule has 86 valence electrons. The first-order chi connectivity index (χ1) is 7.77. The van der Waals surface area contributed by atoms with Crippen LogP contribution in [0.4, 0.5) is 0 Å². The van der Waals surface area contributed by atoms with Gasteiger partial charge in [0.1, 0.15) is 5.78 Å². The van der Waals surface area contributed by atoms with E-state index in [9.17, 15) is 4.79 Å². The van der Waals surface area contributed by atoms with Crippen molar-refractivity contribution >= 4 is 5.78 Å². The third kappa shape index (κ3) is 2.70. The van der Waals surface area contributed by atoms with Crippen LogP contribution < -0.4 is 5.32 Å². The van der Waals surface area contributed by atoms with Gasteiger partial charge in [-0.05, 0) is 31.0 Å². The molecule has 2 nitrogen and oxygen atoms in total. The van der Waals surface area contributed by atoms with Crippen molar-refractivity contribution in [2.45, 2.75) is 19.8 Å². The Morgan fingerprint density at radius 3 is 2.62 bits per heavy atom. The molecule has 1 heterocycles. The molecule has 1 aromatic rings. The summed E-state index contributed by atoms with van der Waals surface area (Å²) in [7, 11) is 0. The lowest BCUT2D eigenvalue weighted by Crippen LogP contribution is -2.47. The van der Waals surface area contributed by atoms with E-state index in [1.165, 1.54) is 5.56 Å². The Balaban J connectivity index is 1.79. The fraction of sp³-hybridized carbons (Fsp3) is 0.500. The second-order valence-electron chi connectivity index (χ2n) is 4.66. The maximum Gasteiger partial charge on any atom is 0.136 e. The third-order valence-corrected chi connectivity index (χ3v) is 3.53. The first-order valence-electron chi connectivity index (χ1n) is 6.04. The van der Waals surface area contributed by atoms with Gasteiger partial charge in [0.05, 0.1) is 0 Å². The summed E-state index contributed by atoms with van der Waals surface area (Å²) in [5.74, 6) is 1.21. The van der Waals surface area contributed by atoms with Crippen molar-refractivity contribution in [3.05, 3.63) is 35.9 Å². The van der Waals surface area contributed by atoms with Crippen LogP contribution in [0.2, 0.25) is 0 Å². The van der Waals surface area contributed by atoms with Crippen LogP contribution in [0.15, 0.2) is 30.3 Å². The average Bonchev–Trinajstić information content (AvgIpc) is 2.25. The highest BCUT2D eigenvalue weighted by Crippen LogP contribution is 2.19. The number of nitrogens with one attached hydrogen (secondary N) is 1. The summed E-state index contributed by atoms with van der Waals surface area (Å²) in [5, 5.41) is 3.22. The van der Waals surface area contributed by atoms with E-state index in [2.05, 4.69) is 24.4 Å². The lowest BCUT2D eigenvalue weighted by Gasteiger charge is -2.31. The van der Waals surface area contributed by atoms with E-state index in [4.69, 9.17) is 0 Å². The van der Waals surface area contributed by atoms with Gasteiger partial charge < -0.3 is 5.32 Å². The molecular formula is C14H19NO. The van der Waals surface area contributed by atoms with E-state index in [0.717, 1.165) is 19.5 Å². The van der Waals surface area contributed by atoms with Gasteiger partial charge in [-0.3, -0.25) is 4.79 Å². The second kappa shape index (κ2) is 5.26.